The number of alkyl halides is 2. The molecule has 27 heavy (non-hydrogen) atoms. The summed E-state index contributed by atoms with van der Waals surface area (Å²) in [6, 6.07) is 10.9. The fraction of sp³-hybridized carbons (Fsp3) is 0.0667. The van der Waals surface area contributed by atoms with E-state index in [9.17, 15) is 8.78 Å². The van der Waals surface area contributed by atoms with E-state index in [4.69, 9.17) is 23.2 Å². The van der Waals surface area contributed by atoms with Gasteiger partial charge in [0.25, 0.3) is 0 Å². The number of rotatable bonds is 4. The Bertz CT molecular complexity index is 990. The van der Waals surface area contributed by atoms with Crippen molar-refractivity contribution in [1.29, 1.82) is 0 Å². The van der Waals surface area contributed by atoms with Crippen LogP contribution in [0.1, 0.15) is 0 Å². The molecule has 12 heteroatoms. The first-order chi connectivity index (χ1) is 13.0. The molecule has 136 valence electrons. The standard InChI is InChI=1S/C15H8Cl2F2N8/c16-15(17,26-13(20-22-24-26)9-1-5-11(18)6-2-9)27-14(21-23-25-27)10-3-7-12(19)8-4-10/h1-8H. The van der Waals surface area contributed by atoms with E-state index in [1.807, 2.05) is 0 Å². The van der Waals surface area contributed by atoms with Crippen LogP contribution in [-0.4, -0.2) is 40.4 Å². The van der Waals surface area contributed by atoms with Gasteiger partial charge in [0, 0.05) is 11.1 Å². The highest BCUT2D eigenvalue weighted by Gasteiger charge is 2.37. The lowest BCUT2D eigenvalue weighted by molar-refractivity contribution is 0.411. The van der Waals surface area contributed by atoms with Gasteiger partial charge < -0.3 is 0 Å². The first kappa shape index (κ1) is 17.4. The molecular formula is C15H8Cl2F2N8. The summed E-state index contributed by atoms with van der Waals surface area (Å²) in [4.78, 5) is 0. The summed E-state index contributed by atoms with van der Waals surface area (Å²) in [5.74, 6) is -0.499. The Morgan fingerprint density at radius 1 is 0.667 bits per heavy atom. The van der Waals surface area contributed by atoms with Gasteiger partial charge in [-0.1, -0.05) is 0 Å². The normalized spacial score (nSPS) is 11.7. The molecule has 0 aliphatic heterocycles. The van der Waals surface area contributed by atoms with E-state index in [2.05, 4.69) is 31.1 Å². The number of halogens is 4. The van der Waals surface area contributed by atoms with Gasteiger partial charge in [-0.15, -0.1) is 10.2 Å². The molecule has 0 aliphatic rings. The first-order valence-corrected chi connectivity index (χ1v) is 8.20. The van der Waals surface area contributed by atoms with Crippen molar-refractivity contribution in [2.45, 2.75) is 4.58 Å². The summed E-state index contributed by atoms with van der Waals surface area (Å²) in [5.41, 5.74) is 0.951. The molecule has 0 aliphatic carbocycles. The molecular weight excluding hydrogens is 401 g/mol. The van der Waals surface area contributed by atoms with Gasteiger partial charge in [0.15, 0.2) is 11.6 Å². The fourth-order valence-electron chi connectivity index (χ4n) is 2.38. The third-order valence-corrected chi connectivity index (χ3v) is 4.29. The Kier molecular flexibility index (Phi) is 4.28. The number of nitrogens with zero attached hydrogens (tertiary/aromatic N) is 8. The van der Waals surface area contributed by atoms with Crippen LogP contribution in [0.25, 0.3) is 22.8 Å². The van der Waals surface area contributed by atoms with Crippen molar-refractivity contribution in [2.75, 3.05) is 0 Å². The minimum atomic E-state index is -1.96. The summed E-state index contributed by atoms with van der Waals surface area (Å²) < 4.78 is 26.6. The Morgan fingerprint density at radius 3 is 1.41 bits per heavy atom. The predicted octanol–water partition coefficient (Wildman–Crippen LogP) is 2.87. The third kappa shape index (κ3) is 3.13. The molecule has 4 rings (SSSR count). The fourth-order valence-corrected chi connectivity index (χ4v) is 2.84. The van der Waals surface area contributed by atoms with Crippen LogP contribution in [0.5, 0.6) is 0 Å². The monoisotopic (exact) mass is 408 g/mol. The Hall–Kier alpha value is -2.98. The largest absolute Gasteiger partial charge is 0.315 e. The molecule has 0 fully saturated rings. The highest BCUT2D eigenvalue weighted by atomic mass is 35.5. The maximum Gasteiger partial charge on any atom is 0.315 e. The maximum atomic E-state index is 13.2. The van der Waals surface area contributed by atoms with Crippen LogP contribution in [0.2, 0.25) is 0 Å². The molecule has 0 amide bonds. The van der Waals surface area contributed by atoms with Gasteiger partial charge in [-0.3, -0.25) is 0 Å². The molecule has 0 saturated carbocycles. The van der Waals surface area contributed by atoms with Crippen molar-refractivity contribution < 1.29 is 8.78 Å². The molecule has 8 nitrogen and oxygen atoms in total. The molecule has 0 radical (unpaired) electrons. The van der Waals surface area contributed by atoms with Gasteiger partial charge in [0.05, 0.1) is 0 Å². The molecule has 0 bridgehead atoms. The smallest absolute Gasteiger partial charge is 0.207 e. The molecule has 0 N–H and O–H groups in total. The number of hydrogen-bond acceptors (Lipinski definition) is 6. The second kappa shape index (κ2) is 6.63. The van der Waals surface area contributed by atoms with Crippen LogP contribution in [0.4, 0.5) is 8.78 Å². The lowest BCUT2D eigenvalue weighted by Gasteiger charge is -2.21. The van der Waals surface area contributed by atoms with Crippen LogP contribution < -0.4 is 0 Å². The first-order valence-electron chi connectivity index (χ1n) is 7.44. The third-order valence-electron chi connectivity index (χ3n) is 3.65. The predicted molar refractivity (Wildman–Crippen MR) is 91.5 cm³/mol. The molecule has 2 heterocycles. The summed E-state index contributed by atoms with van der Waals surface area (Å²) in [5, 5.41) is 22.6. The van der Waals surface area contributed by atoms with E-state index in [1.165, 1.54) is 48.5 Å². The van der Waals surface area contributed by atoms with Crippen LogP contribution >= 0.6 is 23.2 Å². The van der Waals surface area contributed by atoms with Gasteiger partial charge in [0.2, 0.25) is 0 Å². The lowest BCUT2D eigenvalue weighted by Crippen LogP contribution is -2.33. The minimum Gasteiger partial charge on any atom is -0.207 e. The van der Waals surface area contributed by atoms with Gasteiger partial charge in [0.1, 0.15) is 11.6 Å². The summed E-state index contributed by atoms with van der Waals surface area (Å²) in [7, 11) is 0. The highest BCUT2D eigenvalue weighted by molar-refractivity contribution is 6.45. The SMILES string of the molecule is Fc1ccc(-c2nnnn2C(Cl)(Cl)n2nnnc2-c2ccc(F)cc2)cc1. The van der Waals surface area contributed by atoms with E-state index in [0.29, 0.717) is 11.1 Å². The van der Waals surface area contributed by atoms with Gasteiger partial charge in [-0.2, -0.15) is 9.36 Å². The van der Waals surface area contributed by atoms with Crippen molar-refractivity contribution in [1.82, 2.24) is 40.4 Å². The molecule has 2 aromatic heterocycles. The van der Waals surface area contributed by atoms with Crippen LogP contribution in [-0.2, 0) is 4.58 Å². The van der Waals surface area contributed by atoms with Crippen molar-refractivity contribution >= 4 is 23.2 Å². The second-order valence-corrected chi connectivity index (χ2v) is 6.60. The topological polar surface area (TPSA) is 87.2 Å². The maximum absolute atomic E-state index is 13.2. The van der Waals surface area contributed by atoms with E-state index in [-0.39, 0.29) is 11.6 Å². The number of tetrazole rings is 2. The van der Waals surface area contributed by atoms with E-state index in [1.54, 1.807) is 0 Å². The Labute approximate surface area is 160 Å². The molecule has 4 aromatic rings. The molecule has 0 saturated heterocycles. The molecule has 0 atom stereocenters. The summed E-state index contributed by atoms with van der Waals surface area (Å²) in [6.07, 6.45) is 0. The van der Waals surface area contributed by atoms with Crippen molar-refractivity contribution in [3.63, 3.8) is 0 Å². The van der Waals surface area contributed by atoms with Crippen LogP contribution in [0.15, 0.2) is 48.5 Å². The molecule has 0 spiro atoms. The summed E-state index contributed by atoms with van der Waals surface area (Å²) >= 11 is 13.0. The lowest BCUT2D eigenvalue weighted by atomic mass is 10.2. The average molecular weight is 409 g/mol. The van der Waals surface area contributed by atoms with E-state index in [0.717, 1.165) is 9.36 Å². The Morgan fingerprint density at radius 2 is 1.04 bits per heavy atom. The zero-order valence-electron chi connectivity index (χ0n) is 13.2. The quantitative estimate of drug-likeness (QED) is 0.482. The number of hydrogen-bond donors (Lipinski definition) is 0. The molecule has 0 unspecified atom stereocenters. The van der Waals surface area contributed by atoms with Gasteiger partial charge >= 0.3 is 4.58 Å². The summed E-state index contributed by atoms with van der Waals surface area (Å²) in [6.45, 7) is 0. The average Bonchev–Trinajstić information content (AvgIpc) is 3.33. The van der Waals surface area contributed by atoms with E-state index < -0.39 is 16.2 Å². The Balaban J connectivity index is 1.80. The van der Waals surface area contributed by atoms with Gasteiger partial charge in [-0.05, 0) is 92.6 Å². The number of benzene rings is 2. The van der Waals surface area contributed by atoms with Crippen molar-refractivity contribution in [3.8, 4) is 22.8 Å². The minimum absolute atomic E-state index is 0.167. The van der Waals surface area contributed by atoms with E-state index >= 15 is 0 Å². The second-order valence-electron chi connectivity index (χ2n) is 5.35. The van der Waals surface area contributed by atoms with Crippen molar-refractivity contribution in [3.05, 3.63) is 60.2 Å². The molecule has 2 aromatic carbocycles. The zero-order chi connectivity index (χ0) is 19.0. The highest BCUT2D eigenvalue weighted by Crippen LogP contribution is 2.34. The van der Waals surface area contributed by atoms with Gasteiger partial charge in [-0.25, -0.2) is 8.78 Å². The van der Waals surface area contributed by atoms with Crippen LogP contribution in [0.3, 0.4) is 0 Å². The number of aromatic nitrogens is 8. The van der Waals surface area contributed by atoms with Crippen molar-refractivity contribution in [2.24, 2.45) is 0 Å². The zero-order valence-corrected chi connectivity index (χ0v) is 14.7. The van der Waals surface area contributed by atoms with Crippen LogP contribution in [0, 0.1) is 11.6 Å².